The maximum absolute atomic E-state index is 10.3. The fraction of sp³-hybridized carbons (Fsp3) is 0.125. The third-order valence-electron chi connectivity index (χ3n) is 1.47. The molecule has 0 saturated heterocycles. The van der Waals surface area contributed by atoms with Crippen LogP contribution in [0.25, 0.3) is 0 Å². The van der Waals surface area contributed by atoms with Crippen LogP contribution in [0.15, 0.2) is 12.1 Å². The maximum atomic E-state index is 10.3. The van der Waals surface area contributed by atoms with Crippen molar-refractivity contribution in [1.82, 2.24) is 0 Å². The van der Waals surface area contributed by atoms with Gasteiger partial charge < -0.3 is 10.1 Å². The van der Waals surface area contributed by atoms with Crippen LogP contribution >= 0.6 is 34.2 Å². The average Bonchev–Trinajstić information content (AvgIpc) is 2.12. The molecular weight excluding hydrogens is 304 g/mol. The Morgan fingerprint density at radius 3 is 2.85 bits per heavy atom. The van der Waals surface area contributed by atoms with E-state index in [2.05, 4.69) is 27.9 Å². The Bertz CT molecular complexity index is 330. The number of halogens is 2. The highest BCUT2D eigenvalue weighted by molar-refractivity contribution is 14.1. The summed E-state index contributed by atoms with van der Waals surface area (Å²) in [5.74, 6) is 0.584. The van der Waals surface area contributed by atoms with Gasteiger partial charge in [-0.3, -0.25) is 4.79 Å². The molecule has 0 unspecified atom stereocenters. The molecule has 0 fully saturated rings. The van der Waals surface area contributed by atoms with Crippen LogP contribution < -0.4 is 10.1 Å². The minimum absolute atomic E-state index is 0.462. The molecule has 0 bridgehead atoms. The zero-order valence-corrected chi connectivity index (χ0v) is 9.72. The van der Waals surface area contributed by atoms with Gasteiger partial charge in [0.1, 0.15) is 5.69 Å². The molecule has 70 valence electrons. The van der Waals surface area contributed by atoms with Crippen molar-refractivity contribution in [3.8, 4) is 5.75 Å². The van der Waals surface area contributed by atoms with E-state index in [4.69, 9.17) is 16.3 Å². The van der Waals surface area contributed by atoms with Crippen molar-refractivity contribution in [2.24, 2.45) is 0 Å². The number of rotatable bonds is 3. The van der Waals surface area contributed by atoms with Crippen LogP contribution in [0, 0.1) is 3.57 Å². The number of ether oxygens (including phenoxy) is 1. The Balaban J connectivity index is 3.25. The summed E-state index contributed by atoms with van der Waals surface area (Å²) in [6, 6.07) is 3.52. The summed E-state index contributed by atoms with van der Waals surface area (Å²) in [5, 5.41) is 2.96. The quantitative estimate of drug-likeness (QED) is 0.688. The van der Waals surface area contributed by atoms with Crippen molar-refractivity contribution in [3.63, 3.8) is 0 Å². The first kappa shape index (κ1) is 10.6. The molecule has 0 saturated carbocycles. The normalized spacial score (nSPS) is 9.46. The van der Waals surface area contributed by atoms with Crippen molar-refractivity contribution >= 4 is 46.3 Å². The molecule has 0 aliphatic carbocycles. The summed E-state index contributed by atoms with van der Waals surface area (Å²) in [5.41, 5.74) is 0.506. The highest BCUT2D eigenvalue weighted by Gasteiger charge is 2.10. The van der Waals surface area contributed by atoms with Crippen LogP contribution in [-0.4, -0.2) is 13.5 Å². The van der Waals surface area contributed by atoms with Gasteiger partial charge in [0.05, 0.1) is 15.7 Å². The third-order valence-corrected chi connectivity index (χ3v) is 2.63. The highest BCUT2D eigenvalue weighted by Crippen LogP contribution is 2.35. The lowest BCUT2D eigenvalue weighted by Gasteiger charge is -2.10. The predicted molar refractivity (Wildman–Crippen MR) is 60.4 cm³/mol. The number of amides is 1. The van der Waals surface area contributed by atoms with Crippen molar-refractivity contribution in [2.75, 3.05) is 12.4 Å². The van der Waals surface area contributed by atoms with E-state index in [9.17, 15) is 4.79 Å². The van der Waals surface area contributed by atoms with Crippen molar-refractivity contribution < 1.29 is 9.53 Å². The molecule has 0 spiro atoms. The molecule has 1 amide bonds. The lowest BCUT2D eigenvalue weighted by molar-refractivity contribution is -0.105. The molecule has 0 aliphatic rings. The van der Waals surface area contributed by atoms with Gasteiger partial charge in [-0.1, -0.05) is 11.6 Å². The first-order chi connectivity index (χ1) is 6.20. The summed E-state index contributed by atoms with van der Waals surface area (Å²) in [6.45, 7) is 0. The second kappa shape index (κ2) is 4.66. The molecule has 1 N–H and O–H groups in total. The van der Waals surface area contributed by atoms with E-state index in [1.54, 1.807) is 6.07 Å². The molecule has 5 heteroatoms. The Labute approximate surface area is 94.6 Å². The van der Waals surface area contributed by atoms with Crippen LogP contribution in [0.5, 0.6) is 5.75 Å². The van der Waals surface area contributed by atoms with Crippen molar-refractivity contribution in [2.45, 2.75) is 0 Å². The van der Waals surface area contributed by atoms with Crippen LogP contribution in [0.4, 0.5) is 5.69 Å². The van der Waals surface area contributed by atoms with E-state index in [0.717, 1.165) is 3.57 Å². The van der Waals surface area contributed by atoms with Crippen LogP contribution in [0.3, 0.4) is 0 Å². The smallest absolute Gasteiger partial charge is 0.211 e. The van der Waals surface area contributed by atoms with E-state index in [-0.39, 0.29) is 0 Å². The van der Waals surface area contributed by atoms with Crippen LogP contribution in [0.2, 0.25) is 5.02 Å². The number of carbonyl (C=O) groups is 1. The summed E-state index contributed by atoms with van der Waals surface area (Å²) >= 11 is 7.96. The number of benzene rings is 1. The number of anilines is 1. The molecule has 0 atom stereocenters. The van der Waals surface area contributed by atoms with Gasteiger partial charge in [0.2, 0.25) is 6.41 Å². The zero-order chi connectivity index (χ0) is 9.84. The van der Waals surface area contributed by atoms with Gasteiger partial charge in [0.15, 0.2) is 5.75 Å². The van der Waals surface area contributed by atoms with E-state index in [0.29, 0.717) is 22.9 Å². The molecule has 3 nitrogen and oxygen atoms in total. The highest BCUT2D eigenvalue weighted by atomic mass is 127. The second-order valence-corrected chi connectivity index (χ2v) is 3.77. The third kappa shape index (κ3) is 2.25. The Hall–Kier alpha value is -0.490. The first-order valence-corrected chi connectivity index (χ1v) is 4.88. The summed E-state index contributed by atoms with van der Waals surface area (Å²) in [4.78, 5) is 10.3. The molecule has 1 aromatic rings. The number of hydrogen-bond acceptors (Lipinski definition) is 2. The number of carbonyl (C=O) groups excluding carboxylic acids is 1. The van der Waals surface area contributed by atoms with Crippen LogP contribution in [0.1, 0.15) is 0 Å². The minimum Gasteiger partial charge on any atom is -0.493 e. The van der Waals surface area contributed by atoms with Crippen molar-refractivity contribution in [3.05, 3.63) is 20.7 Å². The Kier molecular flexibility index (Phi) is 3.80. The Morgan fingerprint density at radius 1 is 1.62 bits per heavy atom. The number of hydrogen-bond donors (Lipinski definition) is 1. The molecule has 0 radical (unpaired) electrons. The zero-order valence-electron chi connectivity index (χ0n) is 6.80. The average molecular weight is 312 g/mol. The SMILES string of the molecule is COc1c(I)ccc(Cl)c1NC=O. The van der Waals surface area contributed by atoms with Gasteiger partial charge in [-0.15, -0.1) is 0 Å². The van der Waals surface area contributed by atoms with Gasteiger partial charge in [0, 0.05) is 0 Å². The summed E-state index contributed by atoms with van der Waals surface area (Å²) < 4.78 is 5.99. The molecule has 0 aliphatic heterocycles. The second-order valence-electron chi connectivity index (χ2n) is 2.20. The van der Waals surface area contributed by atoms with Gasteiger partial charge in [-0.2, -0.15) is 0 Å². The minimum atomic E-state index is 0.462. The molecule has 1 rings (SSSR count). The number of methoxy groups -OCH3 is 1. The maximum Gasteiger partial charge on any atom is 0.211 e. The van der Waals surface area contributed by atoms with Gasteiger partial charge in [0.25, 0.3) is 0 Å². The molecule has 0 aromatic heterocycles. The number of nitrogens with one attached hydrogen (secondary N) is 1. The summed E-state index contributed by atoms with van der Waals surface area (Å²) in [7, 11) is 1.53. The molecule has 13 heavy (non-hydrogen) atoms. The monoisotopic (exact) mass is 311 g/mol. The van der Waals surface area contributed by atoms with Gasteiger partial charge >= 0.3 is 0 Å². The predicted octanol–water partition coefficient (Wildman–Crippen LogP) is 2.52. The van der Waals surface area contributed by atoms with Gasteiger partial charge in [-0.25, -0.2) is 0 Å². The lowest BCUT2D eigenvalue weighted by atomic mass is 10.3. The fourth-order valence-corrected chi connectivity index (χ4v) is 1.80. The van der Waals surface area contributed by atoms with E-state index < -0.39 is 0 Å². The standard InChI is InChI=1S/C8H7ClINO2/c1-13-8-6(10)3-2-5(9)7(8)11-4-12/h2-4H,1H3,(H,11,12). The topological polar surface area (TPSA) is 38.3 Å². The fourth-order valence-electron chi connectivity index (χ4n) is 0.926. The van der Waals surface area contributed by atoms with E-state index >= 15 is 0 Å². The van der Waals surface area contributed by atoms with E-state index in [1.165, 1.54) is 7.11 Å². The van der Waals surface area contributed by atoms with Gasteiger partial charge in [-0.05, 0) is 34.7 Å². The Morgan fingerprint density at radius 2 is 2.31 bits per heavy atom. The van der Waals surface area contributed by atoms with E-state index in [1.807, 2.05) is 6.07 Å². The summed E-state index contributed by atoms with van der Waals surface area (Å²) in [6.07, 6.45) is 0.569. The lowest BCUT2D eigenvalue weighted by Crippen LogP contribution is -1.99. The first-order valence-electron chi connectivity index (χ1n) is 3.43. The molecule has 0 heterocycles. The molecule has 1 aromatic carbocycles. The largest absolute Gasteiger partial charge is 0.493 e. The van der Waals surface area contributed by atoms with Crippen molar-refractivity contribution in [1.29, 1.82) is 0 Å². The molecular formula is C8H7ClINO2. The van der Waals surface area contributed by atoms with Crippen LogP contribution in [-0.2, 0) is 4.79 Å².